The Morgan fingerprint density at radius 3 is 1.46 bits per heavy atom. The van der Waals surface area contributed by atoms with Crippen molar-refractivity contribution in [2.75, 3.05) is 52.4 Å². The smallest absolute Gasteiger partial charge is 0.326 e. The number of amides is 14. The number of unbranched alkanes of at least 4 members (excludes halogenated alkanes) is 2. The number of carboxylic acid groups (broad SMARTS) is 1. The Morgan fingerprint density at radius 1 is 0.472 bits per heavy atom. The second kappa shape index (κ2) is 48.3. The summed E-state index contributed by atoms with van der Waals surface area (Å²) < 4.78 is 0. The van der Waals surface area contributed by atoms with Crippen molar-refractivity contribution >= 4 is 94.6 Å². The molecule has 0 spiro atoms. The second-order valence-electron chi connectivity index (χ2n) is 28.7. The van der Waals surface area contributed by atoms with Crippen molar-refractivity contribution < 1.29 is 87.2 Å². The zero-order chi connectivity index (χ0) is 80.1. The van der Waals surface area contributed by atoms with Gasteiger partial charge in [0.15, 0.2) is 5.96 Å². The van der Waals surface area contributed by atoms with Gasteiger partial charge in [0.1, 0.15) is 72.5 Å². The van der Waals surface area contributed by atoms with Crippen LogP contribution in [0, 0.1) is 23.7 Å². The lowest BCUT2D eigenvalue weighted by atomic mass is 10.0. The number of nitrogens with two attached hydrogens (primary N) is 4. The van der Waals surface area contributed by atoms with E-state index in [1.165, 1.54) is 25.7 Å². The summed E-state index contributed by atoms with van der Waals surface area (Å²) in [6, 6.07) is -16.5. The summed E-state index contributed by atoms with van der Waals surface area (Å²) >= 11 is 0. The first-order valence-electron chi connectivity index (χ1n) is 36.7. The van der Waals surface area contributed by atoms with Gasteiger partial charge in [-0.15, -0.1) is 0 Å². The van der Waals surface area contributed by atoms with E-state index >= 15 is 0 Å². The number of aliphatic hydroxyl groups excluding tert-OH is 2. The van der Waals surface area contributed by atoms with Crippen LogP contribution in [0.2, 0.25) is 0 Å². The molecule has 14 amide bonds. The van der Waals surface area contributed by atoms with Crippen LogP contribution in [0.15, 0.2) is 4.99 Å². The Balaban J connectivity index is 2.15. The molecule has 0 aromatic rings. The molecule has 0 unspecified atom stereocenters. The standard InChI is InChI=1S/C68H122N20O18/c1-35(2)29-46(83-57(95)42-21-16-26-73-42)60(98)77-40(10)56(94)81-44(22-17-27-74-68(71)72)59(97)87-54(41(11)90)65(103)84-47(30-36(3)4)61(99)85-49(34-89)62(100)86-53(38(7)8)64(102)78-39(9)55(93)75-32-52(92)80-48(31-37(5)6)66(104)88-28-18-23-50(88)63(101)76-33-51(91)79-43(19-12-14-24-69)58(96)82-45(67(105)106)20-13-15-25-70/h35-50,53-54,73,89-90H,12-34,69-70H2,1-11H3,(H,75,93)(H,76,101)(H,77,98)(H,78,102)(H,79,91)(H,80,92)(H,81,94)(H,82,96)(H,83,95)(H,84,103)(H,85,99)(H,86,100)(H,87,97)(H,105,106)(H4,71,72,74)/t39-,40-,41+,42-,43-,44-,45-,46-,47-,48-,49-,50-,53-,54-/m0/s1. The summed E-state index contributed by atoms with van der Waals surface area (Å²) in [6.07, 6.45) is 2.76. The number of guanidine groups is 1. The number of aliphatic imine (C=N–C) groups is 1. The number of aliphatic carboxylic acids is 1. The molecule has 2 rings (SSSR count). The van der Waals surface area contributed by atoms with Crippen LogP contribution < -0.4 is 97.4 Å². The molecule has 2 heterocycles. The highest BCUT2D eigenvalue weighted by molar-refractivity contribution is 6.00. The fraction of sp³-hybridized carbons (Fsp3) is 0.765. The Kier molecular flexibility index (Phi) is 42.5. The van der Waals surface area contributed by atoms with Gasteiger partial charge >= 0.3 is 5.97 Å². The van der Waals surface area contributed by atoms with Gasteiger partial charge in [-0.1, -0.05) is 55.4 Å². The van der Waals surface area contributed by atoms with E-state index < -0.39 is 193 Å². The first-order valence-corrected chi connectivity index (χ1v) is 36.7. The van der Waals surface area contributed by atoms with E-state index in [0.29, 0.717) is 58.2 Å². The largest absolute Gasteiger partial charge is 0.480 e. The van der Waals surface area contributed by atoms with Gasteiger partial charge in [0.25, 0.3) is 0 Å². The molecule has 25 N–H and O–H groups in total. The lowest BCUT2D eigenvalue weighted by Crippen LogP contribution is -2.62. The van der Waals surface area contributed by atoms with Crippen LogP contribution >= 0.6 is 0 Å². The van der Waals surface area contributed by atoms with Crippen molar-refractivity contribution in [1.82, 2.24) is 79.3 Å². The Morgan fingerprint density at radius 2 is 0.925 bits per heavy atom. The molecule has 2 aliphatic heterocycles. The van der Waals surface area contributed by atoms with Crippen LogP contribution in [-0.2, 0) is 71.9 Å². The lowest BCUT2D eigenvalue weighted by Gasteiger charge is -2.29. The zero-order valence-corrected chi connectivity index (χ0v) is 63.3. The van der Waals surface area contributed by atoms with Gasteiger partial charge in [-0.3, -0.25) is 72.1 Å². The summed E-state index contributed by atoms with van der Waals surface area (Å²) in [6.45, 7) is 16.8. The third kappa shape index (κ3) is 34.1. The van der Waals surface area contributed by atoms with E-state index in [-0.39, 0.29) is 94.1 Å². The number of carbonyl (C=O) groups is 15. The molecule has 602 valence electrons. The van der Waals surface area contributed by atoms with Gasteiger partial charge in [0.2, 0.25) is 82.7 Å². The quantitative estimate of drug-likeness (QED) is 0.0153. The molecular weight excluding hydrogens is 1380 g/mol. The Bertz CT molecular complexity index is 2960. The minimum atomic E-state index is -1.78. The summed E-state index contributed by atoms with van der Waals surface area (Å²) in [4.78, 5) is 208. The maximum atomic E-state index is 14.2. The molecule has 38 nitrogen and oxygen atoms in total. The van der Waals surface area contributed by atoms with Crippen LogP contribution in [0.1, 0.15) is 172 Å². The third-order valence-electron chi connectivity index (χ3n) is 17.4. The number of rotatable bonds is 49. The van der Waals surface area contributed by atoms with E-state index in [1.54, 1.807) is 41.5 Å². The molecule has 0 bridgehead atoms. The average Bonchev–Trinajstić information content (AvgIpc) is 1.64. The molecule has 38 heteroatoms. The molecule has 0 aromatic heterocycles. The number of aliphatic hydroxyl groups is 2. The lowest BCUT2D eigenvalue weighted by molar-refractivity contribution is -0.142. The fourth-order valence-corrected chi connectivity index (χ4v) is 11.7. The Hall–Kier alpha value is -8.88. The summed E-state index contributed by atoms with van der Waals surface area (Å²) in [5.74, 6) is -14.0. The zero-order valence-electron chi connectivity index (χ0n) is 63.3. The third-order valence-corrected chi connectivity index (χ3v) is 17.4. The number of nitrogens with one attached hydrogen (secondary N) is 14. The number of likely N-dealkylation sites (tertiary alicyclic amines) is 1. The molecule has 2 aliphatic rings. The molecule has 0 radical (unpaired) electrons. The van der Waals surface area contributed by atoms with E-state index in [0.717, 1.165) is 6.42 Å². The molecule has 2 saturated heterocycles. The maximum Gasteiger partial charge on any atom is 0.326 e. The number of carbonyl (C=O) groups excluding carboxylic acids is 14. The Labute approximate surface area is 620 Å². The van der Waals surface area contributed by atoms with Crippen molar-refractivity contribution in [2.24, 2.45) is 51.6 Å². The van der Waals surface area contributed by atoms with Gasteiger partial charge in [0.05, 0.1) is 31.8 Å². The predicted octanol–water partition coefficient (Wildman–Crippen LogP) is -6.10. The molecule has 2 fully saturated rings. The van der Waals surface area contributed by atoms with Gasteiger partial charge in [-0.25, -0.2) is 4.79 Å². The fourth-order valence-electron chi connectivity index (χ4n) is 11.7. The van der Waals surface area contributed by atoms with Crippen molar-refractivity contribution in [1.29, 1.82) is 0 Å². The maximum absolute atomic E-state index is 14.2. The van der Waals surface area contributed by atoms with Crippen molar-refractivity contribution in [3.05, 3.63) is 0 Å². The summed E-state index contributed by atoms with van der Waals surface area (Å²) in [7, 11) is 0. The normalized spacial score (nSPS) is 17.6. The first kappa shape index (κ1) is 93.2. The van der Waals surface area contributed by atoms with Crippen LogP contribution in [0.4, 0.5) is 0 Å². The van der Waals surface area contributed by atoms with Gasteiger partial charge in [-0.2, -0.15) is 0 Å². The van der Waals surface area contributed by atoms with E-state index in [9.17, 15) is 87.2 Å². The van der Waals surface area contributed by atoms with Crippen molar-refractivity contribution in [3.63, 3.8) is 0 Å². The van der Waals surface area contributed by atoms with Gasteiger partial charge in [-0.05, 0) is 160 Å². The van der Waals surface area contributed by atoms with E-state index in [4.69, 9.17) is 22.9 Å². The number of hydrogen-bond donors (Lipinski definition) is 21. The average molecular weight is 1510 g/mol. The van der Waals surface area contributed by atoms with Crippen molar-refractivity contribution in [3.8, 4) is 0 Å². The highest BCUT2D eigenvalue weighted by Gasteiger charge is 2.40. The molecule has 0 aliphatic carbocycles. The highest BCUT2D eigenvalue weighted by Crippen LogP contribution is 2.21. The molecular formula is C68H122N20O18. The molecule has 14 atom stereocenters. The van der Waals surface area contributed by atoms with Crippen molar-refractivity contribution in [2.45, 2.75) is 257 Å². The monoisotopic (exact) mass is 1510 g/mol. The predicted molar refractivity (Wildman–Crippen MR) is 390 cm³/mol. The van der Waals surface area contributed by atoms with E-state index in [1.807, 2.05) is 13.8 Å². The highest BCUT2D eigenvalue weighted by atomic mass is 16.4. The molecule has 106 heavy (non-hydrogen) atoms. The summed E-state index contributed by atoms with van der Waals surface area (Å²) in [5.41, 5.74) is 22.2. The van der Waals surface area contributed by atoms with E-state index in [2.05, 4.69) is 79.4 Å². The van der Waals surface area contributed by atoms with Crippen LogP contribution in [-0.4, -0.2) is 252 Å². The van der Waals surface area contributed by atoms with Crippen LogP contribution in [0.5, 0.6) is 0 Å². The number of nitrogens with zero attached hydrogens (tertiary/aromatic N) is 2. The topological polar surface area (TPSA) is 605 Å². The van der Waals surface area contributed by atoms with Gasteiger partial charge in [0, 0.05) is 13.1 Å². The number of hydrogen-bond acceptors (Lipinski definition) is 21. The summed E-state index contributed by atoms with van der Waals surface area (Å²) in [5, 5.41) is 66.9. The SMILES string of the molecule is CC(C)C[C@H](NC(=O)[C@@H]1CCCN1)C(=O)N[C@@H](C)C(=O)N[C@@H](CCCN=C(N)N)C(=O)N[C@H](C(=O)N[C@@H](CC(C)C)C(=O)N[C@@H](CO)C(=O)N[C@H](C(=O)N[C@@H](C)C(=O)NCC(=O)N[C@@H](CC(C)C)C(=O)N1CCC[C@H]1C(=O)NCC(=O)N[C@@H](CCCCN)C(=O)N[C@@H](CCCCN)C(=O)O)C(C)C)[C@@H](C)O. The molecule has 0 saturated carbocycles. The number of carboxylic acids is 1. The second-order valence-corrected chi connectivity index (χ2v) is 28.7. The van der Waals surface area contributed by atoms with Gasteiger partial charge < -0.3 is 118 Å². The minimum absolute atomic E-state index is 0.00982. The van der Waals surface area contributed by atoms with Crippen LogP contribution in [0.25, 0.3) is 0 Å². The molecule has 0 aromatic carbocycles. The first-order chi connectivity index (χ1) is 49.8. The minimum Gasteiger partial charge on any atom is -0.480 e. The van der Waals surface area contributed by atoms with Crippen LogP contribution in [0.3, 0.4) is 0 Å².